The Balaban J connectivity index is 3.38. The zero-order valence-electron chi connectivity index (χ0n) is 11.0. The molecule has 0 radical (unpaired) electrons. The molecule has 0 aliphatic rings. The van der Waals surface area contributed by atoms with Crippen LogP contribution in [0.3, 0.4) is 0 Å². The Morgan fingerprint density at radius 1 is 0.941 bits per heavy atom. The van der Waals surface area contributed by atoms with Crippen LogP contribution in [0, 0.1) is 0 Å². The maximum Gasteiger partial charge on any atom is 0.164 e. The molecule has 1 N–H and O–H groups in total. The molecule has 0 aromatic heterocycles. The summed E-state index contributed by atoms with van der Waals surface area (Å²) in [5.41, 5.74) is 0.491. The van der Waals surface area contributed by atoms with Crippen LogP contribution >= 0.6 is 0 Å². The van der Waals surface area contributed by atoms with Crippen LogP contribution in [0.15, 0.2) is 12.1 Å². The molecule has 96 valence electrons. The van der Waals surface area contributed by atoms with Crippen molar-refractivity contribution in [1.82, 2.24) is 0 Å². The van der Waals surface area contributed by atoms with Gasteiger partial charge in [0.05, 0.1) is 27.9 Å². The van der Waals surface area contributed by atoms with Crippen LogP contribution in [0.2, 0.25) is 0 Å². The van der Waals surface area contributed by atoms with Crippen LogP contribution in [0.25, 0.3) is 0 Å². The smallest absolute Gasteiger partial charge is 0.164 e. The van der Waals surface area contributed by atoms with Crippen molar-refractivity contribution in [2.75, 3.05) is 27.9 Å². The van der Waals surface area contributed by atoms with E-state index in [0.717, 1.165) is 5.56 Å². The number of aliphatic hydroxyl groups excluding tert-OH is 1. The number of hydrogen-bond donors (Lipinski definition) is 1. The van der Waals surface area contributed by atoms with Gasteiger partial charge in [-0.1, -0.05) is 13.8 Å². The minimum Gasteiger partial charge on any atom is -0.496 e. The normalized spacial score (nSPS) is 11.2. The molecule has 0 amide bonds. The van der Waals surface area contributed by atoms with Crippen LogP contribution in [0.4, 0.5) is 0 Å². The lowest BCUT2D eigenvalue weighted by Gasteiger charge is -2.25. The molecule has 0 atom stereocenters. The highest BCUT2D eigenvalue weighted by molar-refractivity contribution is 5.53. The molecule has 4 heteroatoms. The van der Waals surface area contributed by atoms with Gasteiger partial charge in [0, 0.05) is 17.0 Å². The van der Waals surface area contributed by atoms with E-state index in [2.05, 4.69) is 0 Å². The molecule has 0 fully saturated rings. The summed E-state index contributed by atoms with van der Waals surface area (Å²) < 4.78 is 15.8. The Morgan fingerprint density at radius 3 is 1.82 bits per heavy atom. The molecule has 0 spiro atoms. The van der Waals surface area contributed by atoms with E-state index in [1.54, 1.807) is 27.4 Å². The number of benzene rings is 1. The Bertz CT molecular complexity index is 385. The second kappa shape index (κ2) is 5.27. The summed E-state index contributed by atoms with van der Waals surface area (Å²) in [6.45, 7) is 3.91. The first-order chi connectivity index (χ1) is 8.00. The number of rotatable bonds is 5. The van der Waals surface area contributed by atoms with E-state index in [0.29, 0.717) is 17.2 Å². The van der Waals surface area contributed by atoms with Gasteiger partial charge in [0.2, 0.25) is 0 Å². The summed E-state index contributed by atoms with van der Waals surface area (Å²) in [4.78, 5) is 0. The fourth-order valence-electron chi connectivity index (χ4n) is 1.64. The van der Waals surface area contributed by atoms with Gasteiger partial charge in [-0.3, -0.25) is 0 Å². The van der Waals surface area contributed by atoms with E-state index in [1.807, 2.05) is 19.9 Å². The van der Waals surface area contributed by atoms with Crippen LogP contribution in [0.1, 0.15) is 19.4 Å². The lowest BCUT2D eigenvalue weighted by molar-refractivity contribution is 0.214. The molecular formula is C13H20O4. The third kappa shape index (κ3) is 2.64. The maximum absolute atomic E-state index is 9.43. The lowest BCUT2D eigenvalue weighted by atomic mass is 9.84. The largest absolute Gasteiger partial charge is 0.496 e. The van der Waals surface area contributed by atoms with Gasteiger partial charge in [-0.05, 0) is 6.07 Å². The summed E-state index contributed by atoms with van der Waals surface area (Å²) in [7, 11) is 4.76. The monoisotopic (exact) mass is 240 g/mol. The first-order valence-corrected chi connectivity index (χ1v) is 5.41. The predicted molar refractivity (Wildman–Crippen MR) is 66.2 cm³/mol. The Labute approximate surface area is 102 Å². The van der Waals surface area contributed by atoms with Crippen LogP contribution < -0.4 is 14.2 Å². The van der Waals surface area contributed by atoms with E-state index in [4.69, 9.17) is 14.2 Å². The van der Waals surface area contributed by atoms with Crippen LogP contribution in [-0.4, -0.2) is 33.0 Å². The molecule has 1 rings (SSSR count). The Kier molecular flexibility index (Phi) is 4.23. The molecule has 4 nitrogen and oxygen atoms in total. The predicted octanol–water partition coefficient (Wildman–Crippen LogP) is 1.98. The molecule has 0 bridgehead atoms. The minimum absolute atomic E-state index is 0.0266. The zero-order chi connectivity index (χ0) is 13.1. The van der Waals surface area contributed by atoms with Gasteiger partial charge >= 0.3 is 0 Å². The van der Waals surface area contributed by atoms with E-state index in [1.165, 1.54) is 0 Å². The van der Waals surface area contributed by atoms with Gasteiger partial charge in [0.1, 0.15) is 5.75 Å². The van der Waals surface area contributed by atoms with Crippen molar-refractivity contribution >= 4 is 0 Å². The van der Waals surface area contributed by atoms with E-state index < -0.39 is 5.41 Å². The third-order valence-electron chi connectivity index (χ3n) is 2.83. The van der Waals surface area contributed by atoms with Gasteiger partial charge in [-0.25, -0.2) is 0 Å². The molecular weight excluding hydrogens is 220 g/mol. The van der Waals surface area contributed by atoms with Crippen LogP contribution in [0.5, 0.6) is 17.2 Å². The quantitative estimate of drug-likeness (QED) is 0.855. The molecule has 1 aromatic rings. The number of hydrogen-bond acceptors (Lipinski definition) is 4. The van der Waals surface area contributed by atoms with Crippen molar-refractivity contribution in [3.8, 4) is 17.2 Å². The van der Waals surface area contributed by atoms with Crippen molar-refractivity contribution in [1.29, 1.82) is 0 Å². The average molecular weight is 240 g/mol. The zero-order valence-corrected chi connectivity index (χ0v) is 11.0. The van der Waals surface area contributed by atoms with Gasteiger partial charge in [-0.2, -0.15) is 0 Å². The number of methoxy groups -OCH3 is 3. The van der Waals surface area contributed by atoms with Gasteiger partial charge < -0.3 is 19.3 Å². The van der Waals surface area contributed by atoms with Gasteiger partial charge in [-0.15, -0.1) is 0 Å². The summed E-state index contributed by atoms with van der Waals surface area (Å²) in [6, 6.07) is 3.61. The van der Waals surface area contributed by atoms with Crippen molar-refractivity contribution in [3.05, 3.63) is 17.7 Å². The van der Waals surface area contributed by atoms with Crippen molar-refractivity contribution < 1.29 is 19.3 Å². The van der Waals surface area contributed by atoms with Crippen LogP contribution in [-0.2, 0) is 5.41 Å². The highest BCUT2D eigenvalue weighted by Crippen LogP contribution is 2.40. The molecule has 0 heterocycles. The molecule has 1 aromatic carbocycles. The molecule has 0 unspecified atom stereocenters. The van der Waals surface area contributed by atoms with Crippen molar-refractivity contribution in [3.63, 3.8) is 0 Å². The molecule has 0 saturated heterocycles. The highest BCUT2D eigenvalue weighted by Gasteiger charge is 2.25. The fraction of sp³-hybridized carbons (Fsp3) is 0.538. The molecule has 17 heavy (non-hydrogen) atoms. The maximum atomic E-state index is 9.43. The van der Waals surface area contributed by atoms with Crippen molar-refractivity contribution in [2.24, 2.45) is 0 Å². The SMILES string of the molecule is COc1cc(OC)c(C(C)(C)CO)cc1OC. The Morgan fingerprint density at radius 2 is 1.41 bits per heavy atom. The minimum atomic E-state index is -0.398. The van der Waals surface area contributed by atoms with E-state index >= 15 is 0 Å². The summed E-state index contributed by atoms with van der Waals surface area (Å²) in [5, 5.41) is 9.43. The molecule has 0 aliphatic heterocycles. The highest BCUT2D eigenvalue weighted by atomic mass is 16.5. The lowest BCUT2D eigenvalue weighted by Crippen LogP contribution is -2.23. The third-order valence-corrected chi connectivity index (χ3v) is 2.83. The van der Waals surface area contributed by atoms with Crippen molar-refractivity contribution in [2.45, 2.75) is 19.3 Å². The van der Waals surface area contributed by atoms with E-state index in [-0.39, 0.29) is 6.61 Å². The van der Waals surface area contributed by atoms with E-state index in [9.17, 15) is 5.11 Å². The molecule has 0 aliphatic carbocycles. The van der Waals surface area contributed by atoms with Gasteiger partial charge in [0.15, 0.2) is 11.5 Å². The first-order valence-electron chi connectivity index (χ1n) is 5.41. The fourth-order valence-corrected chi connectivity index (χ4v) is 1.64. The standard InChI is InChI=1S/C13H20O4/c1-13(2,8-14)9-6-11(16-4)12(17-5)7-10(9)15-3/h6-7,14H,8H2,1-5H3. The first kappa shape index (κ1) is 13.6. The summed E-state index contributed by atoms with van der Waals surface area (Å²) >= 11 is 0. The second-order valence-corrected chi connectivity index (χ2v) is 4.45. The average Bonchev–Trinajstić information content (AvgIpc) is 2.36. The summed E-state index contributed by atoms with van der Waals surface area (Å²) in [6.07, 6.45) is 0. The summed E-state index contributed by atoms with van der Waals surface area (Å²) in [5.74, 6) is 1.92. The second-order valence-electron chi connectivity index (χ2n) is 4.45. The van der Waals surface area contributed by atoms with Gasteiger partial charge in [0.25, 0.3) is 0 Å². The molecule has 0 saturated carbocycles. The topological polar surface area (TPSA) is 47.9 Å². The number of ether oxygens (including phenoxy) is 3. The number of aliphatic hydroxyl groups is 1. The Hall–Kier alpha value is -1.42.